The fourth-order valence-corrected chi connectivity index (χ4v) is 3.21. The molecule has 126 valence electrons. The Kier molecular flexibility index (Phi) is 5.65. The lowest BCUT2D eigenvalue weighted by atomic mass is 10.1. The number of hydrogen-bond donors (Lipinski definition) is 1. The molecule has 0 aliphatic carbocycles. The Morgan fingerprint density at radius 3 is 2.43 bits per heavy atom. The van der Waals surface area contributed by atoms with E-state index >= 15 is 0 Å². The van der Waals surface area contributed by atoms with Gasteiger partial charge in [0.25, 0.3) is 0 Å². The molecule has 1 unspecified atom stereocenters. The molecule has 0 bridgehead atoms. The summed E-state index contributed by atoms with van der Waals surface area (Å²) >= 11 is 7.06. The second kappa shape index (κ2) is 7.15. The first-order valence-electron chi connectivity index (χ1n) is 7.04. The summed E-state index contributed by atoms with van der Waals surface area (Å²) < 4.78 is 41.0. The van der Waals surface area contributed by atoms with E-state index in [4.69, 9.17) is 17.3 Å². The molecule has 0 saturated heterocycles. The molecule has 0 amide bonds. The summed E-state index contributed by atoms with van der Waals surface area (Å²) in [5, 5.41) is 4.69. The van der Waals surface area contributed by atoms with Gasteiger partial charge in [-0.05, 0) is 37.1 Å². The molecule has 0 fully saturated rings. The second-order valence-corrected chi connectivity index (χ2v) is 6.68. The van der Waals surface area contributed by atoms with Gasteiger partial charge >= 0.3 is 6.18 Å². The Hall–Kier alpha value is -1.18. The molecule has 0 spiro atoms. The summed E-state index contributed by atoms with van der Waals surface area (Å²) in [5.74, 6) is 0. The Morgan fingerprint density at radius 1 is 1.30 bits per heavy atom. The number of aromatic nitrogens is 2. The Bertz CT molecular complexity index is 668. The topological polar surface area (TPSA) is 43.8 Å². The van der Waals surface area contributed by atoms with Crippen molar-refractivity contribution in [1.82, 2.24) is 9.78 Å². The molecule has 0 aliphatic heterocycles. The fraction of sp³-hybridized carbons (Fsp3) is 0.400. The van der Waals surface area contributed by atoms with Crippen LogP contribution in [-0.4, -0.2) is 15.8 Å². The summed E-state index contributed by atoms with van der Waals surface area (Å²) in [7, 11) is 1.51. The smallest absolute Gasteiger partial charge is 0.327 e. The molecule has 0 aliphatic rings. The number of nitrogens with two attached hydrogens (primary N) is 1. The monoisotopic (exact) mass is 363 g/mol. The minimum atomic E-state index is -4.50. The zero-order chi connectivity index (χ0) is 17.2. The van der Waals surface area contributed by atoms with Crippen molar-refractivity contribution in [1.29, 1.82) is 0 Å². The van der Waals surface area contributed by atoms with Crippen molar-refractivity contribution in [3.8, 4) is 0 Å². The highest BCUT2D eigenvalue weighted by atomic mass is 35.5. The van der Waals surface area contributed by atoms with E-state index in [0.717, 1.165) is 4.90 Å². The van der Waals surface area contributed by atoms with Crippen LogP contribution in [0.15, 0.2) is 34.2 Å². The summed E-state index contributed by atoms with van der Waals surface area (Å²) in [6.07, 6.45) is -3.77. The highest BCUT2D eigenvalue weighted by Gasteiger charge is 2.39. The summed E-state index contributed by atoms with van der Waals surface area (Å²) in [6.45, 7) is 1.85. The lowest BCUT2D eigenvalue weighted by molar-refractivity contribution is -0.142. The summed E-state index contributed by atoms with van der Waals surface area (Å²) in [5.41, 5.74) is 5.16. The number of alkyl halides is 3. The van der Waals surface area contributed by atoms with Gasteiger partial charge in [-0.25, -0.2) is 0 Å². The van der Waals surface area contributed by atoms with E-state index in [1.165, 1.54) is 23.5 Å². The second-order valence-electron chi connectivity index (χ2n) is 5.18. The van der Waals surface area contributed by atoms with Crippen LogP contribution in [0.4, 0.5) is 13.2 Å². The first-order chi connectivity index (χ1) is 10.7. The van der Waals surface area contributed by atoms with Crippen molar-refractivity contribution in [3.63, 3.8) is 0 Å². The SMILES string of the molecule is CCC(N)Cc1c(C(F)(F)F)nn(C)c1Sc1ccc(Cl)cc1. The van der Waals surface area contributed by atoms with Gasteiger partial charge in [0.15, 0.2) is 5.69 Å². The molecule has 23 heavy (non-hydrogen) atoms. The van der Waals surface area contributed by atoms with E-state index in [9.17, 15) is 13.2 Å². The molecular weight excluding hydrogens is 347 g/mol. The van der Waals surface area contributed by atoms with Crippen molar-refractivity contribution >= 4 is 23.4 Å². The highest BCUT2D eigenvalue weighted by molar-refractivity contribution is 7.99. The van der Waals surface area contributed by atoms with Crippen LogP contribution in [0, 0.1) is 0 Å². The molecule has 1 aromatic carbocycles. The van der Waals surface area contributed by atoms with E-state index in [1.807, 2.05) is 6.92 Å². The fourth-order valence-electron chi connectivity index (χ4n) is 2.11. The molecule has 1 heterocycles. The normalized spacial score (nSPS) is 13.3. The van der Waals surface area contributed by atoms with Crippen molar-refractivity contribution in [3.05, 3.63) is 40.5 Å². The molecular formula is C15H17ClF3N3S. The van der Waals surface area contributed by atoms with E-state index in [-0.39, 0.29) is 18.0 Å². The van der Waals surface area contributed by atoms with Crippen molar-refractivity contribution in [2.24, 2.45) is 12.8 Å². The largest absolute Gasteiger partial charge is 0.435 e. The van der Waals surface area contributed by atoms with Crippen LogP contribution in [0.25, 0.3) is 0 Å². The first-order valence-corrected chi connectivity index (χ1v) is 8.23. The lowest BCUT2D eigenvalue weighted by Crippen LogP contribution is -2.23. The number of halogens is 4. The van der Waals surface area contributed by atoms with Crippen LogP contribution in [0.2, 0.25) is 5.02 Å². The van der Waals surface area contributed by atoms with Gasteiger partial charge in [0.2, 0.25) is 0 Å². The third-order valence-corrected chi connectivity index (χ3v) is 4.84. The number of aryl methyl sites for hydroxylation is 1. The minimum absolute atomic E-state index is 0.134. The number of benzene rings is 1. The van der Waals surface area contributed by atoms with Gasteiger partial charge in [-0.15, -0.1) is 0 Å². The Labute approximate surface area is 142 Å². The predicted octanol–water partition coefficient (Wildman–Crippen LogP) is 4.52. The molecule has 1 atom stereocenters. The quantitative estimate of drug-likeness (QED) is 0.849. The summed E-state index contributed by atoms with van der Waals surface area (Å²) in [4.78, 5) is 0.789. The van der Waals surface area contributed by atoms with E-state index in [2.05, 4.69) is 5.10 Å². The van der Waals surface area contributed by atoms with Crippen molar-refractivity contribution < 1.29 is 13.2 Å². The van der Waals surface area contributed by atoms with Gasteiger partial charge < -0.3 is 5.73 Å². The highest BCUT2D eigenvalue weighted by Crippen LogP contribution is 2.39. The Balaban J connectivity index is 2.44. The predicted molar refractivity (Wildman–Crippen MR) is 85.8 cm³/mol. The summed E-state index contributed by atoms with van der Waals surface area (Å²) in [6, 6.07) is 6.57. The number of nitrogens with zero attached hydrogens (tertiary/aromatic N) is 2. The number of hydrogen-bond acceptors (Lipinski definition) is 3. The maximum Gasteiger partial charge on any atom is 0.435 e. The minimum Gasteiger partial charge on any atom is -0.327 e. The van der Waals surface area contributed by atoms with E-state index in [0.29, 0.717) is 16.5 Å². The Morgan fingerprint density at radius 2 is 1.91 bits per heavy atom. The van der Waals surface area contributed by atoms with Gasteiger partial charge in [-0.3, -0.25) is 4.68 Å². The number of rotatable bonds is 5. The first kappa shape index (κ1) is 18.2. The maximum atomic E-state index is 13.2. The molecule has 0 saturated carbocycles. The average molecular weight is 364 g/mol. The molecule has 3 nitrogen and oxygen atoms in total. The van der Waals surface area contributed by atoms with Gasteiger partial charge in [0.05, 0.1) is 0 Å². The standard InChI is InChI=1S/C15H17ClF3N3S/c1-3-10(20)8-12-13(15(17,18)19)21-22(2)14(12)23-11-6-4-9(16)5-7-11/h4-7,10H,3,8,20H2,1-2H3. The molecule has 2 N–H and O–H groups in total. The zero-order valence-electron chi connectivity index (χ0n) is 12.7. The molecule has 2 rings (SSSR count). The van der Waals surface area contributed by atoms with E-state index < -0.39 is 11.9 Å². The van der Waals surface area contributed by atoms with Crippen LogP contribution in [0.3, 0.4) is 0 Å². The van der Waals surface area contributed by atoms with Crippen LogP contribution in [0.1, 0.15) is 24.6 Å². The van der Waals surface area contributed by atoms with Crippen LogP contribution < -0.4 is 5.73 Å². The van der Waals surface area contributed by atoms with Gasteiger partial charge in [-0.2, -0.15) is 18.3 Å². The van der Waals surface area contributed by atoms with Gasteiger partial charge in [-0.1, -0.05) is 30.3 Å². The van der Waals surface area contributed by atoms with Crippen LogP contribution >= 0.6 is 23.4 Å². The van der Waals surface area contributed by atoms with Gasteiger partial charge in [0, 0.05) is 28.6 Å². The van der Waals surface area contributed by atoms with E-state index in [1.54, 1.807) is 24.3 Å². The molecule has 0 radical (unpaired) electrons. The lowest BCUT2D eigenvalue weighted by Gasteiger charge is -2.12. The van der Waals surface area contributed by atoms with Gasteiger partial charge in [0.1, 0.15) is 5.03 Å². The van der Waals surface area contributed by atoms with Crippen LogP contribution in [-0.2, 0) is 19.6 Å². The molecule has 2 aromatic rings. The third-order valence-electron chi connectivity index (χ3n) is 3.38. The van der Waals surface area contributed by atoms with Crippen molar-refractivity contribution in [2.45, 2.75) is 41.9 Å². The maximum absolute atomic E-state index is 13.2. The molecule has 8 heteroatoms. The van der Waals surface area contributed by atoms with Crippen molar-refractivity contribution in [2.75, 3.05) is 0 Å². The third kappa shape index (κ3) is 4.43. The average Bonchev–Trinajstić information content (AvgIpc) is 2.78. The molecule has 1 aromatic heterocycles. The van der Waals surface area contributed by atoms with Crippen LogP contribution in [0.5, 0.6) is 0 Å². The zero-order valence-corrected chi connectivity index (χ0v) is 14.3.